The summed E-state index contributed by atoms with van der Waals surface area (Å²) in [5, 5.41) is 0.0195. The van der Waals surface area contributed by atoms with Crippen molar-refractivity contribution in [2.75, 3.05) is 33.8 Å². The molecule has 1 atom stereocenters. The van der Waals surface area contributed by atoms with Crippen LogP contribution in [0.25, 0.3) is 0 Å². The minimum atomic E-state index is -0.496. The van der Waals surface area contributed by atoms with Crippen LogP contribution in [0.1, 0.15) is 11.7 Å². The lowest BCUT2D eigenvalue weighted by molar-refractivity contribution is -0.134. The third kappa shape index (κ3) is 4.53. The van der Waals surface area contributed by atoms with Crippen molar-refractivity contribution in [3.05, 3.63) is 46.8 Å². The number of benzene rings is 1. The molecule has 5 nitrogen and oxygen atoms in total. The zero-order valence-corrected chi connectivity index (χ0v) is 13.7. The van der Waals surface area contributed by atoms with Crippen LogP contribution in [0.4, 0.5) is 4.39 Å². The summed E-state index contributed by atoms with van der Waals surface area (Å²) in [5.41, 5.74) is 0.710. The first kappa shape index (κ1) is 17.4. The predicted octanol–water partition coefficient (Wildman–Crippen LogP) is 2.02. The van der Waals surface area contributed by atoms with E-state index in [0.717, 1.165) is 0 Å². The second kappa shape index (κ2) is 7.57. The van der Waals surface area contributed by atoms with Crippen LogP contribution in [-0.4, -0.2) is 55.4 Å². The van der Waals surface area contributed by atoms with Gasteiger partial charge >= 0.3 is 0 Å². The highest BCUT2D eigenvalue weighted by molar-refractivity contribution is 6.30. The lowest BCUT2D eigenvalue weighted by Crippen LogP contribution is -2.41. The fourth-order valence-corrected chi connectivity index (χ4v) is 2.35. The average Bonchev–Trinajstić information content (AvgIpc) is 2.54. The Morgan fingerprint density at radius 2 is 2.13 bits per heavy atom. The molecule has 1 aliphatic rings. The van der Waals surface area contributed by atoms with Crippen LogP contribution in [0.5, 0.6) is 0 Å². The van der Waals surface area contributed by atoms with Gasteiger partial charge in [-0.05, 0) is 17.7 Å². The van der Waals surface area contributed by atoms with Crippen molar-refractivity contribution in [3.8, 4) is 0 Å². The van der Waals surface area contributed by atoms with Crippen molar-refractivity contribution >= 4 is 23.4 Å². The summed E-state index contributed by atoms with van der Waals surface area (Å²) in [6.07, 6.45) is 2.12. The Kier molecular flexibility index (Phi) is 5.74. The fraction of sp³-hybridized carbons (Fsp3) is 0.375. The standard InChI is InChI=1S/C16H18ClFN2O3/c1-19(2)15(21)5-6-16(22)20-7-8-23-14(10-20)11-3-4-13(18)12(17)9-11/h3-6,9,14H,7-8,10H2,1-2H3. The van der Waals surface area contributed by atoms with Gasteiger partial charge in [0, 0.05) is 32.8 Å². The van der Waals surface area contributed by atoms with E-state index in [4.69, 9.17) is 16.3 Å². The lowest BCUT2D eigenvalue weighted by atomic mass is 10.1. The molecule has 0 radical (unpaired) electrons. The molecule has 1 aromatic carbocycles. The molecule has 1 heterocycles. The third-order valence-corrected chi connectivity index (χ3v) is 3.79. The maximum absolute atomic E-state index is 13.2. The second-order valence-corrected chi connectivity index (χ2v) is 5.79. The highest BCUT2D eigenvalue weighted by Crippen LogP contribution is 2.26. The first-order chi connectivity index (χ1) is 10.9. The third-order valence-electron chi connectivity index (χ3n) is 3.50. The molecule has 1 unspecified atom stereocenters. The van der Waals surface area contributed by atoms with Crippen LogP contribution in [0, 0.1) is 5.82 Å². The molecule has 1 aromatic rings. The van der Waals surface area contributed by atoms with Gasteiger partial charge in [-0.15, -0.1) is 0 Å². The van der Waals surface area contributed by atoms with Crippen LogP contribution in [0.2, 0.25) is 5.02 Å². The van der Waals surface area contributed by atoms with Crippen molar-refractivity contribution in [3.63, 3.8) is 0 Å². The number of halogens is 2. The van der Waals surface area contributed by atoms with Crippen LogP contribution < -0.4 is 0 Å². The zero-order chi connectivity index (χ0) is 17.0. The Labute approximate surface area is 139 Å². The molecular weight excluding hydrogens is 323 g/mol. The van der Waals surface area contributed by atoms with E-state index >= 15 is 0 Å². The Bertz CT molecular complexity index is 634. The van der Waals surface area contributed by atoms with Crippen LogP contribution in [0.15, 0.2) is 30.4 Å². The number of ether oxygens (including phenoxy) is 1. The van der Waals surface area contributed by atoms with Crippen molar-refractivity contribution in [2.24, 2.45) is 0 Å². The predicted molar refractivity (Wildman–Crippen MR) is 84.5 cm³/mol. The van der Waals surface area contributed by atoms with Gasteiger partial charge in [0.25, 0.3) is 0 Å². The van der Waals surface area contributed by atoms with Crippen LogP contribution in [0.3, 0.4) is 0 Å². The molecule has 2 amide bonds. The highest BCUT2D eigenvalue weighted by atomic mass is 35.5. The second-order valence-electron chi connectivity index (χ2n) is 5.38. The van der Waals surface area contributed by atoms with Crippen molar-refractivity contribution in [1.82, 2.24) is 9.80 Å². The van der Waals surface area contributed by atoms with Gasteiger partial charge in [-0.2, -0.15) is 0 Å². The van der Waals surface area contributed by atoms with Gasteiger partial charge in [-0.25, -0.2) is 4.39 Å². The molecular formula is C16H18ClFN2O3. The van der Waals surface area contributed by atoms with Gasteiger partial charge in [0.1, 0.15) is 11.9 Å². The first-order valence-electron chi connectivity index (χ1n) is 7.13. The number of likely N-dealkylation sites (N-methyl/N-ethyl adjacent to an activating group) is 1. The molecule has 0 N–H and O–H groups in total. The van der Waals surface area contributed by atoms with Crippen molar-refractivity contribution in [1.29, 1.82) is 0 Å². The van der Waals surface area contributed by atoms with E-state index in [1.807, 2.05) is 0 Å². The Morgan fingerprint density at radius 3 is 2.78 bits per heavy atom. The number of rotatable bonds is 3. The molecule has 0 bridgehead atoms. The van der Waals surface area contributed by atoms with Gasteiger partial charge in [0.2, 0.25) is 11.8 Å². The maximum Gasteiger partial charge on any atom is 0.246 e. The topological polar surface area (TPSA) is 49.9 Å². The van der Waals surface area contributed by atoms with E-state index in [9.17, 15) is 14.0 Å². The summed E-state index contributed by atoms with van der Waals surface area (Å²) < 4.78 is 18.9. The van der Waals surface area contributed by atoms with E-state index in [1.165, 1.54) is 29.2 Å². The number of hydrogen-bond acceptors (Lipinski definition) is 3. The minimum Gasteiger partial charge on any atom is -0.370 e. The van der Waals surface area contributed by atoms with Gasteiger partial charge in [0.15, 0.2) is 0 Å². The summed E-state index contributed by atoms with van der Waals surface area (Å²) in [6.45, 7) is 1.12. The average molecular weight is 341 g/mol. The summed E-state index contributed by atoms with van der Waals surface area (Å²) in [6, 6.07) is 4.36. The van der Waals surface area contributed by atoms with Crippen LogP contribution >= 0.6 is 11.6 Å². The Hall–Kier alpha value is -1.92. The van der Waals surface area contributed by atoms with Crippen molar-refractivity contribution in [2.45, 2.75) is 6.10 Å². The van der Waals surface area contributed by atoms with Gasteiger partial charge in [-0.3, -0.25) is 9.59 Å². The number of carbonyl (C=O) groups is 2. The SMILES string of the molecule is CN(C)C(=O)C=CC(=O)N1CCOC(c2ccc(F)c(Cl)c2)C1. The summed E-state index contributed by atoms with van der Waals surface area (Å²) in [7, 11) is 3.22. The van der Waals surface area contributed by atoms with Crippen LogP contribution in [-0.2, 0) is 14.3 Å². The Balaban J connectivity index is 2.04. The summed E-state index contributed by atoms with van der Waals surface area (Å²) in [5.74, 6) is -1.01. The number of amides is 2. The highest BCUT2D eigenvalue weighted by Gasteiger charge is 2.25. The van der Waals surface area contributed by atoms with Gasteiger partial charge < -0.3 is 14.5 Å². The molecule has 1 saturated heterocycles. The summed E-state index contributed by atoms with van der Waals surface area (Å²) >= 11 is 5.78. The Morgan fingerprint density at radius 1 is 1.39 bits per heavy atom. The van der Waals surface area contributed by atoms with Gasteiger partial charge in [-0.1, -0.05) is 17.7 Å². The minimum absolute atomic E-state index is 0.0195. The van der Waals surface area contributed by atoms with E-state index < -0.39 is 5.82 Å². The number of hydrogen-bond donors (Lipinski definition) is 0. The number of nitrogens with zero attached hydrogens (tertiary/aromatic N) is 2. The summed E-state index contributed by atoms with van der Waals surface area (Å²) in [4.78, 5) is 26.6. The largest absolute Gasteiger partial charge is 0.370 e. The molecule has 0 saturated carbocycles. The fourth-order valence-electron chi connectivity index (χ4n) is 2.16. The van der Waals surface area contributed by atoms with Gasteiger partial charge in [0.05, 0.1) is 18.2 Å². The molecule has 2 rings (SSSR count). The normalized spacial score (nSPS) is 18.3. The molecule has 0 aliphatic carbocycles. The lowest BCUT2D eigenvalue weighted by Gasteiger charge is -2.32. The molecule has 124 valence electrons. The van der Waals surface area contributed by atoms with E-state index in [-0.39, 0.29) is 22.9 Å². The van der Waals surface area contributed by atoms with Crippen molar-refractivity contribution < 1.29 is 18.7 Å². The van der Waals surface area contributed by atoms with E-state index in [1.54, 1.807) is 25.1 Å². The maximum atomic E-state index is 13.2. The monoisotopic (exact) mass is 340 g/mol. The quantitative estimate of drug-likeness (QED) is 0.791. The molecule has 7 heteroatoms. The molecule has 1 aliphatic heterocycles. The number of carbonyl (C=O) groups excluding carboxylic acids is 2. The molecule has 23 heavy (non-hydrogen) atoms. The molecule has 0 aromatic heterocycles. The zero-order valence-electron chi connectivity index (χ0n) is 13.0. The molecule has 1 fully saturated rings. The van der Waals surface area contributed by atoms with E-state index in [2.05, 4.69) is 0 Å². The first-order valence-corrected chi connectivity index (χ1v) is 7.51. The molecule has 0 spiro atoms. The van der Waals surface area contributed by atoms with E-state index in [0.29, 0.717) is 25.3 Å². The number of morpholine rings is 1. The smallest absolute Gasteiger partial charge is 0.246 e.